The third-order valence-corrected chi connectivity index (χ3v) is 2.90. The summed E-state index contributed by atoms with van der Waals surface area (Å²) in [5.74, 6) is -0.382. The van der Waals surface area contributed by atoms with Gasteiger partial charge in [0.1, 0.15) is 5.71 Å². The van der Waals surface area contributed by atoms with Gasteiger partial charge in [0, 0.05) is 18.7 Å². The Bertz CT molecular complexity index is 486. The van der Waals surface area contributed by atoms with Crippen LogP contribution in [0.1, 0.15) is 32.6 Å². The molecule has 0 spiro atoms. The molecule has 1 aromatic carbocycles. The van der Waals surface area contributed by atoms with Gasteiger partial charge in [0.05, 0.1) is 0 Å². The molecule has 0 bridgehead atoms. The summed E-state index contributed by atoms with van der Waals surface area (Å²) in [4.78, 5) is 22.9. The molecule has 0 radical (unpaired) electrons. The van der Waals surface area contributed by atoms with E-state index >= 15 is 0 Å². The predicted octanol–water partition coefficient (Wildman–Crippen LogP) is 2.15. The zero-order valence-electron chi connectivity index (χ0n) is 12.1. The van der Waals surface area contributed by atoms with Gasteiger partial charge < -0.3 is 15.8 Å². The molecule has 0 aliphatic carbocycles. The van der Waals surface area contributed by atoms with Crippen molar-refractivity contribution in [2.75, 3.05) is 11.9 Å². The van der Waals surface area contributed by atoms with E-state index in [0.717, 1.165) is 24.9 Å². The number of benzene rings is 1. The molecule has 0 saturated heterocycles. The van der Waals surface area contributed by atoms with Crippen LogP contribution in [0.15, 0.2) is 35.5 Å². The van der Waals surface area contributed by atoms with Crippen LogP contribution < -0.4 is 10.6 Å². The van der Waals surface area contributed by atoms with Crippen molar-refractivity contribution in [3.8, 4) is 0 Å². The summed E-state index contributed by atoms with van der Waals surface area (Å²) in [5.41, 5.74) is 0.839. The number of carbonyl (C=O) groups is 2. The fourth-order valence-corrected chi connectivity index (χ4v) is 1.71. The molecule has 0 atom stereocenters. The van der Waals surface area contributed by atoms with Crippen LogP contribution in [0.5, 0.6) is 0 Å². The SMILES string of the molecule is CC(=NO)C(=O)NCCCCCC(=O)Nc1ccccc1. The van der Waals surface area contributed by atoms with E-state index in [9.17, 15) is 9.59 Å². The molecule has 0 aliphatic heterocycles. The lowest BCUT2D eigenvalue weighted by Gasteiger charge is -2.05. The van der Waals surface area contributed by atoms with Gasteiger partial charge in [-0.15, -0.1) is 0 Å². The van der Waals surface area contributed by atoms with Gasteiger partial charge in [-0.05, 0) is 31.9 Å². The minimum Gasteiger partial charge on any atom is -0.410 e. The topological polar surface area (TPSA) is 90.8 Å². The van der Waals surface area contributed by atoms with Crippen molar-refractivity contribution in [1.29, 1.82) is 0 Å². The van der Waals surface area contributed by atoms with Crippen LogP contribution in [0.2, 0.25) is 0 Å². The van der Waals surface area contributed by atoms with Crippen molar-refractivity contribution in [2.45, 2.75) is 32.6 Å². The average molecular weight is 291 g/mol. The molecule has 0 unspecified atom stereocenters. The second kappa shape index (κ2) is 9.52. The highest BCUT2D eigenvalue weighted by Gasteiger charge is 2.05. The first kappa shape index (κ1) is 16.7. The average Bonchev–Trinajstić information content (AvgIpc) is 2.50. The third-order valence-electron chi connectivity index (χ3n) is 2.90. The number of rotatable bonds is 8. The summed E-state index contributed by atoms with van der Waals surface area (Å²) in [7, 11) is 0. The van der Waals surface area contributed by atoms with Gasteiger partial charge in [-0.3, -0.25) is 9.59 Å². The van der Waals surface area contributed by atoms with E-state index in [-0.39, 0.29) is 17.5 Å². The van der Waals surface area contributed by atoms with E-state index in [4.69, 9.17) is 5.21 Å². The second-order valence-corrected chi connectivity index (χ2v) is 4.67. The van der Waals surface area contributed by atoms with Gasteiger partial charge in [-0.25, -0.2) is 0 Å². The Hall–Kier alpha value is -2.37. The number of nitrogens with one attached hydrogen (secondary N) is 2. The molecule has 21 heavy (non-hydrogen) atoms. The molecule has 0 fully saturated rings. The Kier molecular flexibility index (Phi) is 7.56. The fraction of sp³-hybridized carbons (Fsp3) is 0.400. The zero-order chi connectivity index (χ0) is 15.5. The second-order valence-electron chi connectivity index (χ2n) is 4.67. The van der Waals surface area contributed by atoms with E-state index in [2.05, 4.69) is 15.8 Å². The summed E-state index contributed by atoms with van der Waals surface area (Å²) in [6.45, 7) is 1.94. The minimum atomic E-state index is -0.376. The number of para-hydroxylation sites is 1. The summed E-state index contributed by atoms with van der Waals surface area (Å²) in [6.07, 6.45) is 2.85. The number of unbranched alkanes of at least 4 members (excludes halogenated alkanes) is 2. The van der Waals surface area contributed by atoms with Crippen LogP contribution in [-0.4, -0.2) is 29.3 Å². The number of hydrogen-bond donors (Lipinski definition) is 3. The maximum atomic E-state index is 11.7. The lowest BCUT2D eigenvalue weighted by Crippen LogP contribution is -2.30. The number of hydrogen-bond acceptors (Lipinski definition) is 4. The first-order valence-corrected chi connectivity index (χ1v) is 6.95. The molecule has 6 heteroatoms. The predicted molar refractivity (Wildman–Crippen MR) is 81.4 cm³/mol. The van der Waals surface area contributed by atoms with Crippen LogP contribution >= 0.6 is 0 Å². The van der Waals surface area contributed by atoms with Crippen molar-refractivity contribution < 1.29 is 14.8 Å². The molecule has 3 N–H and O–H groups in total. The largest absolute Gasteiger partial charge is 0.410 e. The molecular formula is C15H21N3O3. The van der Waals surface area contributed by atoms with Gasteiger partial charge in [0.25, 0.3) is 5.91 Å². The normalized spacial score (nSPS) is 11.0. The monoisotopic (exact) mass is 291 g/mol. The summed E-state index contributed by atoms with van der Waals surface area (Å²) >= 11 is 0. The molecule has 6 nitrogen and oxygen atoms in total. The summed E-state index contributed by atoms with van der Waals surface area (Å²) in [5, 5.41) is 16.7. The molecule has 0 saturated carbocycles. The van der Waals surface area contributed by atoms with Crippen LogP contribution in [0.25, 0.3) is 0 Å². The Morgan fingerprint density at radius 2 is 1.86 bits per heavy atom. The number of anilines is 1. The van der Waals surface area contributed by atoms with Crippen LogP contribution in [0, 0.1) is 0 Å². The Labute approximate surface area is 124 Å². The number of nitrogens with zero attached hydrogens (tertiary/aromatic N) is 1. The highest BCUT2D eigenvalue weighted by Crippen LogP contribution is 2.07. The standard InChI is InChI=1S/C15H21N3O3/c1-12(18-21)15(20)16-11-7-3-6-10-14(19)17-13-8-4-2-5-9-13/h2,4-5,8-9,21H,3,6-7,10-11H2,1H3,(H,16,20)(H,17,19). The smallest absolute Gasteiger partial charge is 0.268 e. The number of amides is 2. The fourth-order valence-electron chi connectivity index (χ4n) is 1.71. The Morgan fingerprint density at radius 3 is 2.52 bits per heavy atom. The van der Waals surface area contributed by atoms with Gasteiger partial charge >= 0.3 is 0 Å². The third kappa shape index (κ3) is 7.10. The van der Waals surface area contributed by atoms with Crippen molar-refractivity contribution >= 4 is 23.2 Å². The maximum absolute atomic E-state index is 11.7. The molecule has 0 aliphatic rings. The highest BCUT2D eigenvalue weighted by atomic mass is 16.4. The van der Waals surface area contributed by atoms with E-state index in [0.29, 0.717) is 13.0 Å². The van der Waals surface area contributed by atoms with Crippen molar-refractivity contribution in [1.82, 2.24) is 5.32 Å². The van der Waals surface area contributed by atoms with Crippen molar-refractivity contribution in [3.05, 3.63) is 30.3 Å². The van der Waals surface area contributed by atoms with Gasteiger partial charge in [-0.1, -0.05) is 29.8 Å². The molecule has 0 aromatic heterocycles. The molecule has 114 valence electrons. The summed E-state index contributed by atoms with van der Waals surface area (Å²) in [6, 6.07) is 9.33. The van der Waals surface area contributed by atoms with Crippen molar-refractivity contribution in [2.24, 2.45) is 5.16 Å². The summed E-state index contributed by atoms with van der Waals surface area (Å²) < 4.78 is 0. The first-order chi connectivity index (χ1) is 10.1. The van der Waals surface area contributed by atoms with Crippen LogP contribution in [-0.2, 0) is 9.59 Å². The Morgan fingerprint density at radius 1 is 1.14 bits per heavy atom. The van der Waals surface area contributed by atoms with E-state index in [1.807, 2.05) is 30.3 Å². The minimum absolute atomic E-state index is 0.00602. The van der Waals surface area contributed by atoms with Crippen LogP contribution in [0.3, 0.4) is 0 Å². The molecular weight excluding hydrogens is 270 g/mol. The molecule has 0 heterocycles. The van der Waals surface area contributed by atoms with Gasteiger partial charge in [0.2, 0.25) is 5.91 Å². The zero-order valence-corrected chi connectivity index (χ0v) is 12.1. The van der Waals surface area contributed by atoms with E-state index in [1.165, 1.54) is 6.92 Å². The van der Waals surface area contributed by atoms with E-state index in [1.54, 1.807) is 0 Å². The van der Waals surface area contributed by atoms with Gasteiger partial charge in [0.15, 0.2) is 0 Å². The van der Waals surface area contributed by atoms with Gasteiger partial charge in [-0.2, -0.15) is 0 Å². The quantitative estimate of drug-likeness (QED) is 0.297. The Balaban J connectivity index is 2.06. The lowest BCUT2D eigenvalue weighted by molar-refractivity contribution is -0.116. The van der Waals surface area contributed by atoms with Crippen molar-refractivity contribution in [3.63, 3.8) is 0 Å². The molecule has 1 rings (SSSR count). The first-order valence-electron chi connectivity index (χ1n) is 6.95. The number of oxime groups is 1. The number of carbonyl (C=O) groups excluding carboxylic acids is 2. The maximum Gasteiger partial charge on any atom is 0.268 e. The molecule has 1 aromatic rings. The van der Waals surface area contributed by atoms with Crippen LogP contribution in [0.4, 0.5) is 5.69 Å². The highest BCUT2D eigenvalue weighted by molar-refractivity contribution is 6.37. The molecule has 2 amide bonds. The van der Waals surface area contributed by atoms with E-state index < -0.39 is 0 Å². The lowest BCUT2D eigenvalue weighted by atomic mass is 10.2.